The highest BCUT2D eigenvalue weighted by atomic mass is 16.2. The summed E-state index contributed by atoms with van der Waals surface area (Å²) in [6, 6.07) is 0.647. The van der Waals surface area contributed by atoms with Gasteiger partial charge in [-0.3, -0.25) is 4.79 Å². The van der Waals surface area contributed by atoms with Crippen LogP contribution < -0.4 is 5.73 Å². The van der Waals surface area contributed by atoms with Gasteiger partial charge in [-0.25, -0.2) is 0 Å². The third-order valence-corrected chi connectivity index (χ3v) is 5.06. The molecule has 1 aliphatic carbocycles. The number of piperidine rings is 1. The van der Waals surface area contributed by atoms with Crippen molar-refractivity contribution in [3.63, 3.8) is 0 Å². The fraction of sp³-hybridized carbons (Fsp3) is 0.933. The van der Waals surface area contributed by atoms with Crippen LogP contribution in [0.15, 0.2) is 0 Å². The van der Waals surface area contributed by atoms with E-state index in [0.29, 0.717) is 17.9 Å². The summed E-state index contributed by atoms with van der Waals surface area (Å²) in [5.41, 5.74) is 5.93. The first-order chi connectivity index (χ1) is 9.02. The minimum atomic E-state index is 0.177. The molecule has 110 valence electrons. The average Bonchev–Trinajstić information content (AvgIpc) is 2.83. The van der Waals surface area contributed by atoms with Crippen LogP contribution in [0.1, 0.15) is 39.5 Å². The van der Waals surface area contributed by atoms with Crippen molar-refractivity contribution in [2.45, 2.75) is 51.6 Å². The molecule has 0 unspecified atom stereocenters. The summed E-state index contributed by atoms with van der Waals surface area (Å²) in [6.07, 6.45) is 3.97. The molecule has 0 spiro atoms. The SMILES string of the molecule is CCN1CC[C@H](N(C)C(=O)[C@@H]2CC[C@H](N)C2)[C@H](C)C1. The van der Waals surface area contributed by atoms with E-state index in [1.807, 2.05) is 11.9 Å². The maximum Gasteiger partial charge on any atom is 0.225 e. The van der Waals surface area contributed by atoms with Gasteiger partial charge in [0.25, 0.3) is 0 Å². The standard InChI is InChI=1S/C15H29N3O/c1-4-18-8-7-14(11(2)10-18)17(3)15(19)12-5-6-13(16)9-12/h11-14H,4-10,16H2,1-3H3/t11-,12-,13+,14+/m1/s1. The van der Waals surface area contributed by atoms with Crippen LogP contribution in [0.25, 0.3) is 0 Å². The van der Waals surface area contributed by atoms with Crippen LogP contribution in [0.5, 0.6) is 0 Å². The van der Waals surface area contributed by atoms with Gasteiger partial charge in [0.1, 0.15) is 0 Å². The molecule has 0 aromatic carbocycles. The summed E-state index contributed by atoms with van der Waals surface area (Å²) in [7, 11) is 1.99. The lowest BCUT2D eigenvalue weighted by Crippen LogP contribution is -2.51. The number of carbonyl (C=O) groups is 1. The zero-order valence-corrected chi connectivity index (χ0v) is 12.6. The minimum Gasteiger partial charge on any atom is -0.342 e. The van der Waals surface area contributed by atoms with Crippen LogP contribution in [0.4, 0.5) is 0 Å². The first kappa shape index (κ1) is 14.8. The first-order valence-electron chi connectivity index (χ1n) is 7.77. The highest BCUT2D eigenvalue weighted by Gasteiger charge is 2.35. The molecule has 0 aromatic rings. The van der Waals surface area contributed by atoms with Gasteiger partial charge in [0.05, 0.1) is 0 Å². The molecular weight excluding hydrogens is 238 g/mol. The second-order valence-corrected chi connectivity index (χ2v) is 6.45. The number of amides is 1. The smallest absolute Gasteiger partial charge is 0.225 e. The largest absolute Gasteiger partial charge is 0.342 e. The zero-order valence-electron chi connectivity index (χ0n) is 12.6. The monoisotopic (exact) mass is 267 g/mol. The Bertz CT molecular complexity index is 321. The molecule has 0 radical (unpaired) electrons. The van der Waals surface area contributed by atoms with Gasteiger partial charge in [-0.05, 0) is 38.1 Å². The fourth-order valence-corrected chi connectivity index (χ4v) is 3.77. The molecule has 1 heterocycles. The number of carbonyl (C=O) groups excluding carboxylic acids is 1. The van der Waals surface area contributed by atoms with Gasteiger partial charge in [-0.2, -0.15) is 0 Å². The molecule has 4 heteroatoms. The quantitative estimate of drug-likeness (QED) is 0.838. The summed E-state index contributed by atoms with van der Waals surface area (Å²) in [6.45, 7) is 7.83. The number of hydrogen-bond acceptors (Lipinski definition) is 3. The van der Waals surface area contributed by atoms with Crippen molar-refractivity contribution in [2.24, 2.45) is 17.6 Å². The molecule has 2 rings (SSSR count). The Morgan fingerprint density at radius 3 is 2.63 bits per heavy atom. The second kappa shape index (κ2) is 6.23. The van der Waals surface area contributed by atoms with Crippen molar-refractivity contribution >= 4 is 5.91 Å². The topological polar surface area (TPSA) is 49.6 Å². The Morgan fingerprint density at radius 1 is 1.37 bits per heavy atom. The predicted molar refractivity (Wildman–Crippen MR) is 77.8 cm³/mol. The van der Waals surface area contributed by atoms with Gasteiger partial charge in [0, 0.05) is 38.1 Å². The zero-order chi connectivity index (χ0) is 14.0. The normalized spacial score (nSPS) is 36.4. The lowest BCUT2D eigenvalue weighted by molar-refractivity contribution is -0.138. The van der Waals surface area contributed by atoms with Gasteiger partial charge in [-0.15, -0.1) is 0 Å². The van der Waals surface area contributed by atoms with Crippen molar-refractivity contribution in [3.8, 4) is 0 Å². The maximum absolute atomic E-state index is 12.5. The highest BCUT2D eigenvalue weighted by molar-refractivity contribution is 5.79. The van der Waals surface area contributed by atoms with Crippen LogP contribution in [0.3, 0.4) is 0 Å². The van der Waals surface area contributed by atoms with Crippen molar-refractivity contribution < 1.29 is 4.79 Å². The van der Waals surface area contributed by atoms with E-state index in [2.05, 4.69) is 18.7 Å². The number of nitrogens with zero attached hydrogens (tertiary/aromatic N) is 2. The third kappa shape index (κ3) is 3.29. The van der Waals surface area contributed by atoms with E-state index in [1.54, 1.807) is 0 Å². The highest BCUT2D eigenvalue weighted by Crippen LogP contribution is 2.29. The number of rotatable bonds is 3. The van der Waals surface area contributed by atoms with Crippen LogP contribution in [-0.2, 0) is 4.79 Å². The molecular formula is C15H29N3O. The van der Waals surface area contributed by atoms with Gasteiger partial charge in [0.2, 0.25) is 5.91 Å². The Kier molecular flexibility index (Phi) is 4.85. The van der Waals surface area contributed by atoms with Crippen LogP contribution in [0.2, 0.25) is 0 Å². The summed E-state index contributed by atoms with van der Waals surface area (Å²) in [4.78, 5) is 17.0. The first-order valence-corrected chi connectivity index (χ1v) is 7.77. The minimum absolute atomic E-state index is 0.177. The van der Waals surface area contributed by atoms with Crippen molar-refractivity contribution in [3.05, 3.63) is 0 Å². The molecule has 1 amide bonds. The molecule has 19 heavy (non-hydrogen) atoms. The van der Waals surface area contributed by atoms with Gasteiger partial charge in [-0.1, -0.05) is 13.8 Å². The summed E-state index contributed by atoms with van der Waals surface area (Å²) >= 11 is 0. The van der Waals surface area contributed by atoms with E-state index in [0.717, 1.165) is 45.3 Å². The Hall–Kier alpha value is -0.610. The fourth-order valence-electron chi connectivity index (χ4n) is 3.77. The third-order valence-electron chi connectivity index (χ3n) is 5.06. The van der Waals surface area contributed by atoms with Crippen LogP contribution >= 0.6 is 0 Å². The molecule has 2 aliphatic rings. The van der Waals surface area contributed by atoms with Crippen molar-refractivity contribution in [2.75, 3.05) is 26.7 Å². The number of hydrogen-bond donors (Lipinski definition) is 1. The molecule has 2 fully saturated rings. The van der Waals surface area contributed by atoms with Crippen molar-refractivity contribution in [1.29, 1.82) is 0 Å². The molecule has 2 N–H and O–H groups in total. The molecule has 1 saturated carbocycles. The summed E-state index contributed by atoms with van der Waals surface area (Å²) < 4.78 is 0. The summed E-state index contributed by atoms with van der Waals surface area (Å²) in [5.74, 6) is 1.07. The van der Waals surface area contributed by atoms with E-state index in [-0.39, 0.29) is 12.0 Å². The van der Waals surface area contributed by atoms with Crippen molar-refractivity contribution in [1.82, 2.24) is 9.80 Å². The molecule has 4 atom stereocenters. The lowest BCUT2D eigenvalue weighted by atomic mass is 9.91. The van der Waals surface area contributed by atoms with Gasteiger partial charge >= 0.3 is 0 Å². The Labute approximate surface area is 117 Å². The van der Waals surface area contributed by atoms with E-state index < -0.39 is 0 Å². The van der Waals surface area contributed by atoms with Crippen LogP contribution in [-0.4, -0.2) is 54.5 Å². The van der Waals surface area contributed by atoms with Gasteiger partial charge in [0.15, 0.2) is 0 Å². The lowest BCUT2D eigenvalue weighted by Gasteiger charge is -2.41. The Balaban J connectivity index is 1.92. The van der Waals surface area contributed by atoms with E-state index in [4.69, 9.17) is 5.73 Å². The van der Waals surface area contributed by atoms with Gasteiger partial charge < -0.3 is 15.5 Å². The molecule has 4 nitrogen and oxygen atoms in total. The second-order valence-electron chi connectivity index (χ2n) is 6.45. The number of nitrogens with two attached hydrogens (primary N) is 1. The average molecular weight is 267 g/mol. The van der Waals surface area contributed by atoms with E-state index >= 15 is 0 Å². The van der Waals surface area contributed by atoms with E-state index in [9.17, 15) is 4.79 Å². The molecule has 0 bridgehead atoms. The van der Waals surface area contributed by atoms with Crippen LogP contribution in [0, 0.1) is 11.8 Å². The Morgan fingerprint density at radius 2 is 2.11 bits per heavy atom. The summed E-state index contributed by atoms with van der Waals surface area (Å²) in [5, 5.41) is 0. The van der Waals surface area contributed by atoms with E-state index in [1.165, 1.54) is 0 Å². The maximum atomic E-state index is 12.5. The number of likely N-dealkylation sites (tertiary alicyclic amines) is 1. The predicted octanol–water partition coefficient (Wildman–Crippen LogP) is 1.30. The molecule has 1 aliphatic heterocycles. The molecule has 1 saturated heterocycles. The molecule has 0 aromatic heterocycles.